The first-order valence-corrected chi connectivity index (χ1v) is 4.41. The number of carbonyl (C=O) groups is 2. The lowest BCUT2D eigenvalue weighted by Gasteiger charge is -1.94. The highest BCUT2D eigenvalue weighted by Crippen LogP contribution is 2.11. The molecule has 6 nitrogen and oxygen atoms in total. The van der Waals surface area contributed by atoms with E-state index in [0.29, 0.717) is 5.69 Å². The highest BCUT2D eigenvalue weighted by molar-refractivity contribution is 5.89. The van der Waals surface area contributed by atoms with Crippen LogP contribution < -0.4 is 0 Å². The molecule has 16 heavy (non-hydrogen) atoms. The number of carboxylic acid groups (broad SMARTS) is 2. The summed E-state index contributed by atoms with van der Waals surface area (Å²) in [5.41, 5.74) is 0.699. The van der Waals surface area contributed by atoms with E-state index in [9.17, 15) is 9.59 Å². The third kappa shape index (κ3) is 2.39. The van der Waals surface area contributed by atoms with Gasteiger partial charge in [-0.1, -0.05) is 11.8 Å². The van der Waals surface area contributed by atoms with Gasteiger partial charge < -0.3 is 10.2 Å². The van der Waals surface area contributed by atoms with E-state index in [-0.39, 0.29) is 17.7 Å². The number of hydrogen-bond donors (Lipinski definition) is 2. The molecule has 6 heteroatoms. The molecule has 1 aromatic rings. The quantitative estimate of drug-likeness (QED) is 0.700. The van der Waals surface area contributed by atoms with Crippen molar-refractivity contribution in [3.05, 3.63) is 17.0 Å². The molecule has 0 aliphatic carbocycles. The van der Waals surface area contributed by atoms with E-state index in [2.05, 4.69) is 16.9 Å². The predicted octanol–water partition coefficient (Wildman–Crippen LogP) is 0.253. The summed E-state index contributed by atoms with van der Waals surface area (Å²) in [5, 5.41) is 21.2. The molecule has 0 amide bonds. The molecule has 2 N–H and O–H groups in total. The minimum atomic E-state index is -1.14. The van der Waals surface area contributed by atoms with Crippen LogP contribution in [-0.4, -0.2) is 31.9 Å². The van der Waals surface area contributed by atoms with Crippen LogP contribution in [0.1, 0.15) is 28.2 Å². The van der Waals surface area contributed by atoms with Gasteiger partial charge in [-0.3, -0.25) is 9.48 Å². The van der Waals surface area contributed by atoms with E-state index in [1.807, 2.05) is 0 Å². The lowest BCUT2D eigenvalue weighted by Crippen LogP contribution is -2.07. The average Bonchev–Trinajstić information content (AvgIpc) is 2.40. The van der Waals surface area contributed by atoms with Gasteiger partial charge in [0.1, 0.15) is 6.42 Å². The highest BCUT2D eigenvalue weighted by Gasteiger charge is 2.17. The maximum atomic E-state index is 10.9. The van der Waals surface area contributed by atoms with E-state index in [1.54, 1.807) is 6.92 Å². The zero-order chi connectivity index (χ0) is 12.3. The second-order valence-corrected chi connectivity index (χ2v) is 3.11. The van der Waals surface area contributed by atoms with Gasteiger partial charge in [-0.15, -0.1) is 0 Å². The Bertz CT molecular complexity index is 505. The van der Waals surface area contributed by atoms with Crippen molar-refractivity contribution in [2.75, 3.05) is 0 Å². The van der Waals surface area contributed by atoms with Crippen molar-refractivity contribution in [3.8, 4) is 11.8 Å². The van der Waals surface area contributed by atoms with E-state index in [0.717, 1.165) is 0 Å². The molecule has 0 saturated heterocycles. The molecule has 0 aromatic carbocycles. The standard InChI is InChI=1S/C10H10N2O4/c1-6-7(4-3-5-8(13)14)9(10(15)16)12(2)11-6/h5H2,1-2H3,(H,13,14)(H,15,16). The summed E-state index contributed by atoms with van der Waals surface area (Å²) in [6, 6.07) is 0. The molecule has 1 rings (SSSR count). The molecule has 0 aliphatic heterocycles. The monoisotopic (exact) mass is 222 g/mol. The molecule has 1 aromatic heterocycles. The van der Waals surface area contributed by atoms with Gasteiger partial charge in [0.25, 0.3) is 0 Å². The second-order valence-electron chi connectivity index (χ2n) is 3.11. The SMILES string of the molecule is Cc1nn(C)c(C(=O)O)c1C#CCC(=O)O. The van der Waals surface area contributed by atoms with Crippen molar-refractivity contribution in [2.45, 2.75) is 13.3 Å². The van der Waals surface area contributed by atoms with Crippen molar-refractivity contribution in [2.24, 2.45) is 7.05 Å². The van der Waals surface area contributed by atoms with Crippen LogP contribution in [0.4, 0.5) is 0 Å². The molecule has 0 bridgehead atoms. The number of carboxylic acids is 2. The predicted molar refractivity (Wildman–Crippen MR) is 54.0 cm³/mol. The fourth-order valence-corrected chi connectivity index (χ4v) is 1.26. The Morgan fingerprint density at radius 3 is 2.56 bits per heavy atom. The normalized spacial score (nSPS) is 9.38. The molecule has 0 aliphatic rings. The van der Waals surface area contributed by atoms with Gasteiger partial charge in [0.05, 0.1) is 11.3 Å². The van der Waals surface area contributed by atoms with Crippen molar-refractivity contribution in [1.82, 2.24) is 9.78 Å². The first-order valence-electron chi connectivity index (χ1n) is 4.41. The Morgan fingerprint density at radius 2 is 2.06 bits per heavy atom. The Hall–Kier alpha value is -2.29. The molecular weight excluding hydrogens is 212 g/mol. The van der Waals surface area contributed by atoms with Gasteiger partial charge in [-0.25, -0.2) is 4.79 Å². The van der Waals surface area contributed by atoms with Crippen LogP contribution in [0, 0.1) is 18.8 Å². The van der Waals surface area contributed by atoms with E-state index in [4.69, 9.17) is 10.2 Å². The fourth-order valence-electron chi connectivity index (χ4n) is 1.26. The maximum absolute atomic E-state index is 10.9. The van der Waals surface area contributed by atoms with Crippen LogP contribution in [-0.2, 0) is 11.8 Å². The number of hydrogen-bond acceptors (Lipinski definition) is 3. The van der Waals surface area contributed by atoms with Crippen molar-refractivity contribution in [3.63, 3.8) is 0 Å². The van der Waals surface area contributed by atoms with Crippen molar-refractivity contribution >= 4 is 11.9 Å². The molecule has 0 saturated carbocycles. The highest BCUT2D eigenvalue weighted by atomic mass is 16.4. The van der Waals surface area contributed by atoms with Crippen LogP contribution in [0.5, 0.6) is 0 Å². The van der Waals surface area contributed by atoms with Gasteiger partial charge in [-0.05, 0) is 6.92 Å². The number of aromatic carboxylic acids is 1. The van der Waals surface area contributed by atoms with E-state index < -0.39 is 11.9 Å². The molecule has 0 spiro atoms. The van der Waals surface area contributed by atoms with Gasteiger partial charge in [0.2, 0.25) is 0 Å². The molecule has 0 atom stereocenters. The molecule has 1 heterocycles. The Morgan fingerprint density at radius 1 is 1.44 bits per heavy atom. The first-order chi connectivity index (χ1) is 7.43. The van der Waals surface area contributed by atoms with Crippen LogP contribution in [0.15, 0.2) is 0 Å². The molecule has 0 radical (unpaired) electrons. The molecule has 84 valence electrons. The molecule has 0 unspecified atom stereocenters. The molecular formula is C10H10N2O4. The lowest BCUT2D eigenvalue weighted by atomic mass is 10.2. The minimum absolute atomic E-state index is 0.0320. The number of nitrogens with zero attached hydrogens (tertiary/aromatic N) is 2. The summed E-state index contributed by atoms with van der Waals surface area (Å²) >= 11 is 0. The number of aromatic nitrogens is 2. The van der Waals surface area contributed by atoms with Crippen LogP contribution in [0.25, 0.3) is 0 Å². The summed E-state index contributed by atoms with van der Waals surface area (Å²) in [5.74, 6) is 2.72. The number of aryl methyl sites for hydroxylation is 2. The van der Waals surface area contributed by atoms with E-state index >= 15 is 0 Å². The summed E-state index contributed by atoms with van der Waals surface area (Å²) in [4.78, 5) is 21.2. The largest absolute Gasteiger partial charge is 0.481 e. The summed E-state index contributed by atoms with van der Waals surface area (Å²) in [6.07, 6.45) is -0.326. The zero-order valence-electron chi connectivity index (χ0n) is 8.81. The maximum Gasteiger partial charge on any atom is 0.355 e. The fraction of sp³-hybridized carbons (Fsp3) is 0.300. The number of aliphatic carboxylic acids is 1. The van der Waals surface area contributed by atoms with Crippen LogP contribution in [0.3, 0.4) is 0 Å². The van der Waals surface area contributed by atoms with Gasteiger partial charge in [-0.2, -0.15) is 5.10 Å². The van der Waals surface area contributed by atoms with Gasteiger partial charge in [0.15, 0.2) is 5.69 Å². The Balaban J connectivity index is 3.15. The van der Waals surface area contributed by atoms with Crippen molar-refractivity contribution < 1.29 is 19.8 Å². The van der Waals surface area contributed by atoms with Crippen LogP contribution >= 0.6 is 0 Å². The third-order valence-corrected chi connectivity index (χ3v) is 1.88. The first kappa shape index (κ1) is 11.8. The minimum Gasteiger partial charge on any atom is -0.481 e. The summed E-state index contributed by atoms with van der Waals surface area (Å²) < 4.78 is 1.21. The van der Waals surface area contributed by atoms with E-state index in [1.165, 1.54) is 11.7 Å². The number of rotatable bonds is 2. The molecule has 0 fully saturated rings. The summed E-state index contributed by atoms with van der Waals surface area (Å²) in [6.45, 7) is 1.62. The topological polar surface area (TPSA) is 92.4 Å². The van der Waals surface area contributed by atoms with Crippen molar-refractivity contribution in [1.29, 1.82) is 0 Å². The lowest BCUT2D eigenvalue weighted by molar-refractivity contribution is -0.135. The Kier molecular flexibility index (Phi) is 3.30. The summed E-state index contributed by atoms with van der Waals surface area (Å²) in [7, 11) is 1.50. The third-order valence-electron chi connectivity index (χ3n) is 1.88. The Labute approximate surface area is 91.5 Å². The van der Waals surface area contributed by atoms with Crippen LogP contribution in [0.2, 0.25) is 0 Å². The van der Waals surface area contributed by atoms with Gasteiger partial charge in [0, 0.05) is 7.05 Å². The second kappa shape index (κ2) is 4.49. The zero-order valence-corrected chi connectivity index (χ0v) is 8.81. The average molecular weight is 222 g/mol. The smallest absolute Gasteiger partial charge is 0.355 e. The van der Waals surface area contributed by atoms with Gasteiger partial charge >= 0.3 is 11.9 Å².